The molecule has 0 aromatic rings. The molecule has 0 aromatic heterocycles. The molecule has 0 aromatic carbocycles. The summed E-state index contributed by atoms with van der Waals surface area (Å²) in [6.45, 7) is 0. The van der Waals surface area contributed by atoms with E-state index in [1.807, 2.05) is 58.8 Å². The molecule has 4 rings (SSSR count). The van der Waals surface area contributed by atoms with Gasteiger partial charge in [-0.15, -0.1) is 11.8 Å². The van der Waals surface area contributed by atoms with Crippen molar-refractivity contribution >= 4 is 93.8 Å². The van der Waals surface area contributed by atoms with E-state index in [2.05, 4.69) is 0 Å². The van der Waals surface area contributed by atoms with Gasteiger partial charge in [-0.2, -0.15) is 0 Å². The maximum Gasteiger partial charge on any atom is 0.188 e. The van der Waals surface area contributed by atoms with Gasteiger partial charge < -0.3 is 0 Å². The second-order valence-corrected chi connectivity index (χ2v) is 16.0. The molecule has 0 unspecified atom stereocenters. The second-order valence-electron chi connectivity index (χ2n) is 2.25. The van der Waals surface area contributed by atoms with Gasteiger partial charge in [0.2, 0.25) is 0 Å². The van der Waals surface area contributed by atoms with Crippen LogP contribution in [0.15, 0.2) is 0 Å². The highest BCUT2D eigenvalue weighted by Crippen LogP contribution is 2.83. The molecular weight excluding hydrogens is 311 g/mol. The molecule has 4 fully saturated rings. The molecule has 12 heavy (non-hydrogen) atoms. The maximum absolute atomic E-state index is 6.39. The van der Waals surface area contributed by atoms with Crippen LogP contribution in [-0.2, 0) is 0 Å². The normalized spacial score (nSPS) is 62.5. The third-order valence-electron chi connectivity index (χ3n) is 1.41. The van der Waals surface area contributed by atoms with E-state index in [4.69, 9.17) is 23.2 Å². The lowest BCUT2D eigenvalue weighted by Gasteiger charge is -2.53. The fraction of sp³-hybridized carbons (Fsp3) is 1.00. The molecule has 0 spiro atoms. The number of hydrogen-bond acceptors (Lipinski definition) is 6. The largest absolute Gasteiger partial charge is 0.188 e. The minimum atomic E-state index is -0.209. The summed E-state index contributed by atoms with van der Waals surface area (Å²) >= 11 is 23.7. The Balaban J connectivity index is 1.98. The molecular formula is C4H2Cl2S6. The SMILES string of the molecule is ClC12SC3SC(S1)SC(Cl)(S3)S2. The minimum Gasteiger partial charge on any atom is -0.111 e. The molecule has 4 aliphatic rings. The lowest BCUT2D eigenvalue weighted by molar-refractivity contribution is 1.59. The zero-order valence-corrected chi connectivity index (χ0v) is 11.8. The van der Waals surface area contributed by atoms with Crippen molar-refractivity contribution < 1.29 is 0 Å². The van der Waals surface area contributed by atoms with Crippen LogP contribution < -0.4 is 0 Å². The van der Waals surface area contributed by atoms with E-state index >= 15 is 0 Å². The molecule has 0 atom stereocenters. The van der Waals surface area contributed by atoms with Gasteiger partial charge in [0.15, 0.2) is 5.74 Å². The van der Waals surface area contributed by atoms with Gasteiger partial charge >= 0.3 is 0 Å². The summed E-state index contributed by atoms with van der Waals surface area (Å²) in [5.41, 5.74) is 0. The van der Waals surface area contributed by atoms with Crippen LogP contribution in [-0.4, -0.2) is 13.6 Å². The molecule has 0 N–H and O–H groups in total. The standard InChI is InChI=1S/C4H2Cl2S6/c5-3-8-1-7-2(10-3)11-4(6,9-1)12-3/h1-2H. The summed E-state index contributed by atoms with van der Waals surface area (Å²) in [6.07, 6.45) is 0. The van der Waals surface area contributed by atoms with Gasteiger partial charge in [-0.1, -0.05) is 82.0 Å². The average molecular weight is 313 g/mol. The Kier molecular flexibility index (Phi) is 2.54. The summed E-state index contributed by atoms with van der Waals surface area (Å²) in [7, 11) is 0. The lowest BCUT2D eigenvalue weighted by atomic mass is 11.7. The molecule has 4 bridgehead atoms. The number of thioether (sulfide) groups is 6. The predicted molar refractivity (Wildman–Crippen MR) is 70.3 cm³/mol. The molecule has 0 nitrogen and oxygen atoms in total. The van der Waals surface area contributed by atoms with E-state index in [1.165, 1.54) is 0 Å². The predicted octanol–water partition coefficient (Wildman–Crippen LogP) is 4.69. The Morgan fingerprint density at radius 2 is 1.25 bits per heavy atom. The average Bonchev–Trinajstić information content (AvgIpc) is 1.75. The summed E-state index contributed by atoms with van der Waals surface area (Å²) in [6, 6.07) is 0. The zero-order chi connectivity index (χ0) is 8.40. The van der Waals surface area contributed by atoms with E-state index in [-0.39, 0.29) is 5.74 Å². The molecule has 68 valence electrons. The van der Waals surface area contributed by atoms with E-state index in [1.54, 1.807) is 11.8 Å². The van der Waals surface area contributed by atoms with Gasteiger partial charge in [0.1, 0.15) is 7.83 Å². The van der Waals surface area contributed by atoms with Crippen molar-refractivity contribution in [1.29, 1.82) is 0 Å². The van der Waals surface area contributed by atoms with E-state index in [0.29, 0.717) is 7.83 Å². The molecule has 0 radical (unpaired) electrons. The van der Waals surface area contributed by atoms with E-state index < -0.39 is 0 Å². The fourth-order valence-electron chi connectivity index (χ4n) is 1.01. The van der Waals surface area contributed by atoms with Crippen LogP contribution >= 0.6 is 93.8 Å². The Hall–Kier alpha value is 2.68. The van der Waals surface area contributed by atoms with Crippen LogP contribution in [0.4, 0.5) is 0 Å². The van der Waals surface area contributed by atoms with Crippen LogP contribution in [0.5, 0.6) is 0 Å². The van der Waals surface area contributed by atoms with E-state index in [9.17, 15) is 0 Å². The highest BCUT2D eigenvalue weighted by molar-refractivity contribution is 8.65. The minimum absolute atomic E-state index is 0.209. The smallest absolute Gasteiger partial charge is 0.111 e. The summed E-state index contributed by atoms with van der Waals surface area (Å²) < 4.78 is 0.653. The third kappa shape index (κ3) is 1.62. The quantitative estimate of drug-likeness (QED) is 0.591. The Morgan fingerprint density at radius 1 is 0.833 bits per heavy atom. The van der Waals surface area contributed by atoms with Gasteiger partial charge in [0, 0.05) is 0 Å². The molecule has 4 aliphatic heterocycles. The van der Waals surface area contributed by atoms with Gasteiger partial charge in [0.05, 0.1) is 0 Å². The van der Waals surface area contributed by atoms with Crippen LogP contribution in [0.3, 0.4) is 0 Å². The monoisotopic (exact) mass is 312 g/mol. The van der Waals surface area contributed by atoms with Crippen molar-refractivity contribution in [3.8, 4) is 0 Å². The molecule has 0 aliphatic carbocycles. The maximum atomic E-state index is 6.39. The summed E-state index contributed by atoms with van der Waals surface area (Å²) in [5.74, 6) is 0. The first-order chi connectivity index (χ1) is 5.57. The highest BCUT2D eigenvalue weighted by Gasteiger charge is 2.61. The number of hydrogen-bond donors (Lipinski definition) is 0. The van der Waals surface area contributed by atoms with Crippen molar-refractivity contribution in [2.75, 3.05) is 0 Å². The first-order valence-electron chi connectivity index (χ1n) is 3.02. The van der Waals surface area contributed by atoms with Crippen LogP contribution in [0.2, 0.25) is 0 Å². The van der Waals surface area contributed by atoms with Crippen molar-refractivity contribution in [1.82, 2.24) is 0 Å². The molecule has 4 saturated heterocycles. The molecule has 0 saturated carbocycles. The zero-order valence-electron chi connectivity index (χ0n) is 5.36. The van der Waals surface area contributed by atoms with E-state index in [0.717, 1.165) is 0 Å². The summed E-state index contributed by atoms with van der Waals surface area (Å²) in [4.78, 5) is 0. The molecule has 0 amide bonds. The topological polar surface area (TPSA) is 0 Å². The first kappa shape index (κ1) is 9.87. The van der Waals surface area contributed by atoms with Gasteiger partial charge in [-0.05, 0) is 0 Å². The number of alkyl halides is 2. The van der Waals surface area contributed by atoms with Crippen LogP contribution in [0, 0.1) is 0 Å². The van der Waals surface area contributed by atoms with Crippen LogP contribution in [0.1, 0.15) is 0 Å². The number of halogens is 2. The lowest BCUT2D eigenvalue weighted by Crippen LogP contribution is -2.37. The van der Waals surface area contributed by atoms with Crippen molar-refractivity contribution in [2.24, 2.45) is 0 Å². The third-order valence-corrected chi connectivity index (χ3v) is 12.7. The molecule has 8 heteroatoms. The van der Waals surface area contributed by atoms with Crippen molar-refractivity contribution in [2.45, 2.75) is 13.6 Å². The fourth-order valence-corrected chi connectivity index (χ4v) is 21.6. The summed E-state index contributed by atoms with van der Waals surface area (Å²) in [5, 5.41) is 0. The molecule has 4 heterocycles. The Labute approximate surface area is 106 Å². The Morgan fingerprint density at radius 3 is 1.58 bits per heavy atom. The highest BCUT2D eigenvalue weighted by atomic mass is 35.5. The van der Waals surface area contributed by atoms with Gasteiger partial charge in [-0.25, -0.2) is 0 Å². The second kappa shape index (κ2) is 3.09. The van der Waals surface area contributed by atoms with Crippen molar-refractivity contribution in [3.63, 3.8) is 0 Å². The van der Waals surface area contributed by atoms with Crippen LogP contribution in [0.25, 0.3) is 0 Å². The first-order valence-corrected chi connectivity index (χ1v) is 9.05. The number of rotatable bonds is 0. The van der Waals surface area contributed by atoms with Gasteiger partial charge in [-0.3, -0.25) is 0 Å². The van der Waals surface area contributed by atoms with Gasteiger partial charge in [0.25, 0.3) is 0 Å². The van der Waals surface area contributed by atoms with Crippen molar-refractivity contribution in [3.05, 3.63) is 0 Å². The Bertz CT molecular complexity index is 200.